The molecule has 0 spiro atoms. The summed E-state index contributed by atoms with van der Waals surface area (Å²) < 4.78 is 13.8. The molecule has 0 atom stereocenters. The molecule has 0 aliphatic carbocycles. The van der Waals surface area contributed by atoms with Crippen molar-refractivity contribution in [2.75, 3.05) is 10.6 Å². The van der Waals surface area contributed by atoms with E-state index in [4.69, 9.17) is 11.6 Å². The standard InChI is InChI=1S/C18H16ClFN4/c1-11-7-8-13(10-14(11)19)22-18-21-12(2)9-17(24-18)23-16-6-4-3-5-15(16)20/h3-10H,1-2H3,(H2,21,22,23,24). The number of hydrogen-bond donors (Lipinski definition) is 2. The third-order valence-corrected chi connectivity index (χ3v) is 3.83. The monoisotopic (exact) mass is 342 g/mol. The van der Waals surface area contributed by atoms with E-state index in [1.54, 1.807) is 24.3 Å². The summed E-state index contributed by atoms with van der Waals surface area (Å²) in [6.07, 6.45) is 0. The molecular weight excluding hydrogens is 327 g/mol. The Labute approximate surface area is 144 Å². The van der Waals surface area contributed by atoms with Gasteiger partial charge in [-0.1, -0.05) is 29.8 Å². The molecule has 3 rings (SSSR count). The first-order valence-electron chi connectivity index (χ1n) is 7.42. The molecule has 0 saturated carbocycles. The zero-order chi connectivity index (χ0) is 17.1. The topological polar surface area (TPSA) is 49.8 Å². The quantitative estimate of drug-likeness (QED) is 0.669. The molecule has 0 amide bonds. The van der Waals surface area contributed by atoms with Crippen molar-refractivity contribution in [1.82, 2.24) is 9.97 Å². The summed E-state index contributed by atoms with van der Waals surface area (Å²) in [6, 6.07) is 13.8. The molecule has 6 heteroatoms. The highest BCUT2D eigenvalue weighted by Gasteiger charge is 2.07. The lowest BCUT2D eigenvalue weighted by Gasteiger charge is -2.11. The van der Waals surface area contributed by atoms with Gasteiger partial charge in [-0.15, -0.1) is 0 Å². The van der Waals surface area contributed by atoms with Crippen LogP contribution in [0, 0.1) is 19.7 Å². The van der Waals surface area contributed by atoms with Crippen LogP contribution >= 0.6 is 11.6 Å². The second-order valence-corrected chi connectivity index (χ2v) is 5.82. The number of hydrogen-bond acceptors (Lipinski definition) is 4. The van der Waals surface area contributed by atoms with Crippen molar-refractivity contribution >= 4 is 34.7 Å². The lowest BCUT2D eigenvalue weighted by Crippen LogP contribution is -2.03. The average Bonchev–Trinajstić information content (AvgIpc) is 2.53. The van der Waals surface area contributed by atoms with Crippen LogP contribution in [0.15, 0.2) is 48.5 Å². The summed E-state index contributed by atoms with van der Waals surface area (Å²) in [5.74, 6) is 0.579. The average molecular weight is 343 g/mol. The minimum atomic E-state index is -0.339. The number of aromatic nitrogens is 2. The fourth-order valence-corrected chi connectivity index (χ4v) is 2.37. The van der Waals surface area contributed by atoms with E-state index in [-0.39, 0.29) is 5.82 Å². The Hall–Kier alpha value is -2.66. The van der Waals surface area contributed by atoms with Gasteiger partial charge in [-0.2, -0.15) is 4.98 Å². The number of nitrogens with one attached hydrogen (secondary N) is 2. The Bertz CT molecular complexity index is 883. The molecule has 4 nitrogen and oxygen atoms in total. The van der Waals surface area contributed by atoms with Crippen molar-refractivity contribution in [3.63, 3.8) is 0 Å². The van der Waals surface area contributed by atoms with Crippen molar-refractivity contribution < 1.29 is 4.39 Å². The zero-order valence-electron chi connectivity index (χ0n) is 13.3. The number of halogens is 2. The molecule has 3 aromatic rings. The number of anilines is 4. The van der Waals surface area contributed by atoms with Crippen LogP contribution in [0.5, 0.6) is 0 Å². The summed E-state index contributed by atoms with van der Waals surface area (Å²) >= 11 is 6.13. The largest absolute Gasteiger partial charge is 0.338 e. The maximum atomic E-state index is 13.8. The van der Waals surface area contributed by atoms with Crippen LogP contribution < -0.4 is 10.6 Å². The number of rotatable bonds is 4. The molecule has 0 radical (unpaired) electrons. The maximum Gasteiger partial charge on any atom is 0.229 e. The molecule has 0 aliphatic heterocycles. The van der Waals surface area contributed by atoms with Crippen molar-refractivity contribution in [3.8, 4) is 0 Å². The summed E-state index contributed by atoms with van der Waals surface area (Å²) in [5.41, 5.74) is 2.90. The molecule has 1 heterocycles. The Morgan fingerprint density at radius 1 is 0.958 bits per heavy atom. The summed E-state index contributed by atoms with van der Waals surface area (Å²) in [7, 11) is 0. The first-order valence-corrected chi connectivity index (χ1v) is 7.79. The van der Waals surface area contributed by atoms with Gasteiger partial charge in [0.25, 0.3) is 0 Å². The van der Waals surface area contributed by atoms with Crippen LogP contribution in [-0.2, 0) is 0 Å². The molecule has 2 aromatic carbocycles. The summed E-state index contributed by atoms with van der Waals surface area (Å²) in [4.78, 5) is 8.72. The molecule has 0 unspecified atom stereocenters. The minimum Gasteiger partial charge on any atom is -0.338 e. The molecule has 1 aromatic heterocycles. The highest BCUT2D eigenvalue weighted by Crippen LogP contribution is 2.24. The predicted molar refractivity (Wildman–Crippen MR) is 95.9 cm³/mol. The van der Waals surface area contributed by atoms with Gasteiger partial charge < -0.3 is 10.6 Å². The van der Waals surface area contributed by atoms with E-state index in [1.165, 1.54) is 6.07 Å². The van der Waals surface area contributed by atoms with E-state index in [2.05, 4.69) is 20.6 Å². The first-order chi connectivity index (χ1) is 11.5. The third kappa shape index (κ3) is 3.81. The van der Waals surface area contributed by atoms with Gasteiger partial charge in [0.15, 0.2) is 0 Å². The minimum absolute atomic E-state index is 0.339. The van der Waals surface area contributed by atoms with Crippen molar-refractivity contribution in [2.24, 2.45) is 0 Å². The lowest BCUT2D eigenvalue weighted by molar-refractivity contribution is 0.632. The highest BCUT2D eigenvalue weighted by atomic mass is 35.5. The fraction of sp³-hybridized carbons (Fsp3) is 0.111. The van der Waals surface area contributed by atoms with Gasteiger partial charge in [-0.25, -0.2) is 9.37 Å². The Morgan fingerprint density at radius 2 is 1.75 bits per heavy atom. The van der Waals surface area contributed by atoms with E-state index in [1.807, 2.05) is 32.0 Å². The van der Waals surface area contributed by atoms with Gasteiger partial charge in [0.1, 0.15) is 11.6 Å². The number of nitrogens with zero attached hydrogens (tertiary/aromatic N) is 2. The fourth-order valence-electron chi connectivity index (χ4n) is 2.19. The van der Waals surface area contributed by atoms with Crippen molar-refractivity contribution in [2.45, 2.75) is 13.8 Å². The maximum absolute atomic E-state index is 13.8. The van der Waals surface area contributed by atoms with Crippen LogP contribution in [0.3, 0.4) is 0 Å². The van der Waals surface area contributed by atoms with E-state index in [9.17, 15) is 4.39 Å². The lowest BCUT2D eigenvalue weighted by atomic mass is 10.2. The van der Waals surface area contributed by atoms with Gasteiger partial charge >= 0.3 is 0 Å². The predicted octanol–water partition coefficient (Wildman–Crippen LogP) is 5.37. The zero-order valence-corrected chi connectivity index (χ0v) is 14.0. The Balaban J connectivity index is 1.86. The molecule has 0 aliphatic rings. The third-order valence-electron chi connectivity index (χ3n) is 3.42. The van der Waals surface area contributed by atoms with E-state index < -0.39 is 0 Å². The number of benzene rings is 2. The number of para-hydroxylation sites is 1. The first kappa shape index (κ1) is 16.2. The second kappa shape index (κ2) is 6.84. The van der Waals surface area contributed by atoms with Gasteiger partial charge in [0, 0.05) is 22.5 Å². The summed E-state index contributed by atoms with van der Waals surface area (Å²) in [5, 5.41) is 6.74. The van der Waals surface area contributed by atoms with Crippen molar-refractivity contribution in [1.29, 1.82) is 0 Å². The smallest absolute Gasteiger partial charge is 0.229 e. The molecule has 0 bridgehead atoms. The van der Waals surface area contributed by atoms with Gasteiger partial charge in [0.2, 0.25) is 5.95 Å². The molecule has 0 fully saturated rings. The van der Waals surface area contributed by atoms with Crippen LogP contribution in [0.1, 0.15) is 11.3 Å². The molecule has 122 valence electrons. The molecular formula is C18H16ClFN4. The van der Waals surface area contributed by atoms with Crippen LogP contribution in [0.4, 0.5) is 27.5 Å². The Morgan fingerprint density at radius 3 is 2.50 bits per heavy atom. The number of aryl methyl sites for hydroxylation is 2. The van der Waals surface area contributed by atoms with Gasteiger partial charge in [-0.3, -0.25) is 0 Å². The van der Waals surface area contributed by atoms with Gasteiger partial charge in [-0.05, 0) is 43.7 Å². The molecule has 2 N–H and O–H groups in total. The SMILES string of the molecule is Cc1cc(Nc2ccccc2F)nc(Nc2ccc(C)c(Cl)c2)n1. The van der Waals surface area contributed by atoms with E-state index in [0.717, 1.165) is 16.9 Å². The second-order valence-electron chi connectivity index (χ2n) is 5.41. The normalized spacial score (nSPS) is 10.5. The van der Waals surface area contributed by atoms with Crippen LogP contribution in [0.2, 0.25) is 5.02 Å². The Kier molecular flexibility index (Phi) is 4.62. The molecule has 24 heavy (non-hydrogen) atoms. The molecule has 0 saturated heterocycles. The van der Waals surface area contributed by atoms with E-state index in [0.29, 0.717) is 22.5 Å². The van der Waals surface area contributed by atoms with Gasteiger partial charge in [0.05, 0.1) is 5.69 Å². The highest BCUT2D eigenvalue weighted by molar-refractivity contribution is 6.31. The van der Waals surface area contributed by atoms with E-state index >= 15 is 0 Å². The van der Waals surface area contributed by atoms with Crippen LogP contribution in [-0.4, -0.2) is 9.97 Å². The van der Waals surface area contributed by atoms with Crippen molar-refractivity contribution in [3.05, 3.63) is 70.6 Å². The summed E-state index contributed by atoms with van der Waals surface area (Å²) in [6.45, 7) is 3.78. The van der Waals surface area contributed by atoms with Crippen LogP contribution in [0.25, 0.3) is 0 Å².